The van der Waals surface area contributed by atoms with Gasteiger partial charge in [-0.25, -0.2) is 13.1 Å². The van der Waals surface area contributed by atoms with Gasteiger partial charge in [0.25, 0.3) is 5.91 Å². The molecule has 1 aromatic carbocycles. The van der Waals surface area contributed by atoms with Gasteiger partial charge < -0.3 is 10.4 Å². The largest absolute Gasteiger partial charge is 0.481 e. The first-order chi connectivity index (χ1) is 11.8. The van der Waals surface area contributed by atoms with E-state index in [1.165, 1.54) is 24.3 Å². The number of benzene rings is 1. The van der Waals surface area contributed by atoms with Crippen molar-refractivity contribution in [1.82, 2.24) is 10.0 Å². The molecule has 0 heterocycles. The number of carbonyl (C=O) groups is 2. The van der Waals surface area contributed by atoms with Gasteiger partial charge in [-0.05, 0) is 37.1 Å². The molecule has 2 rings (SSSR count). The summed E-state index contributed by atoms with van der Waals surface area (Å²) in [6.07, 6.45) is 3.83. The van der Waals surface area contributed by atoms with Gasteiger partial charge in [-0.3, -0.25) is 9.59 Å². The summed E-state index contributed by atoms with van der Waals surface area (Å²) in [6, 6.07) is 5.57. The third-order valence-electron chi connectivity index (χ3n) is 4.61. The Morgan fingerprint density at radius 3 is 2.24 bits per heavy atom. The van der Waals surface area contributed by atoms with Crippen LogP contribution in [0.25, 0.3) is 0 Å². The standard InChI is InChI=1S/C17H24N2O5S/c1-2-19-25(23,24)14-8-6-13(7-9-14)15(20)18-12-17(16(21)22)10-4-3-5-11-17/h6-9,19H,2-5,10-12H2,1H3,(H,18,20)(H,21,22). The normalized spacial score (nSPS) is 17.0. The van der Waals surface area contributed by atoms with E-state index >= 15 is 0 Å². The fraction of sp³-hybridized carbons (Fsp3) is 0.529. The van der Waals surface area contributed by atoms with E-state index in [1.54, 1.807) is 6.92 Å². The summed E-state index contributed by atoms with van der Waals surface area (Å²) in [4.78, 5) is 24.0. The van der Waals surface area contributed by atoms with E-state index in [0.29, 0.717) is 18.4 Å². The van der Waals surface area contributed by atoms with Crippen LogP contribution in [0, 0.1) is 5.41 Å². The maximum absolute atomic E-state index is 12.3. The van der Waals surface area contributed by atoms with Crippen molar-refractivity contribution in [1.29, 1.82) is 0 Å². The average Bonchev–Trinajstić information content (AvgIpc) is 2.60. The molecule has 0 spiro atoms. The molecule has 1 fully saturated rings. The molecule has 0 aromatic heterocycles. The van der Waals surface area contributed by atoms with Gasteiger partial charge in [-0.1, -0.05) is 26.2 Å². The molecule has 1 aromatic rings. The SMILES string of the molecule is CCNS(=O)(=O)c1ccc(C(=O)NCC2(C(=O)O)CCCCC2)cc1. The lowest BCUT2D eigenvalue weighted by molar-refractivity contribution is -0.150. The van der Waals surface area contributed by atoms with Crippen molar-refractivity contribution in [2.24, 2.45) is 5.41 Å². The van der Waals surface area contributed by atoms with Gasteiger partial charge >= 0.3 is 5.97 Å². The number of amides is 1. The van der Waals surface area contributed by atoms with Gasteiger partial charge in [-0.15, -0.1) is 0 Å². The third-order valence-corrected chi connectivity index (χ3v) is 6.17. The minimum absolute atomic E-state index is 0.0820. The second kappa shape index (κ2) is 7.97. The van der Waals surface area contributed by atoms with Gasteiger partial charge in [0, 0.05) is 18.7 Å². The number of rotatable bonds is 7. The number of sulfonamides is 1. The molecule has 25 heavy (non-hydrogen) atoms. The Balaban J connectivity index is 2.04. The Hall–Kier alpha value is -1.93. The van der Waals surface area contributed by atoms with Crippen LogP contribution in [0.4, 0.5) is 0 Å². The molecule has 0 bridgehead atoms. The van der Waals surface area contributed by atoms with E-state index in [9.17, 15) is 23.1 Å². The zero-order chi connectivity index (χ0) is 18.5. The molecule has 138 valence electrons. The number of hydrogen-bond acceptors (Lipinski definition) is 4. The predicted octanol–water partition coefficient (Wildman–Crippen LogP) is 1.75. The fourth-order valence-electron chi connectivity index (χ4n) is 3.11. The quantitative estimate of drug-likeness (QED) is 0.679. The fourth-order valence-corrected chi connectivity index (χ4v) is 4.15. The minimum atomic E-state index is -3.56. The Labute approximate surface area is 147 Å². The van der Waals surface area contributed by atoms with Crippen LogP contribution in [0.1, 0.15) is 49.4 Å². The van der Waals surface area contributed by atoms with Crippen molar-refractivity contribution in [2.75, 3.05) is 13.1 Å². The van der Waals surface area contributed by atoms with E-state index in [0.717, 1.165) is 19.3 Å². The van der Waals surface area contributed by atoms with Crippen LogP contribution in [0.2, 0.25) is 0 Å². The second-order valence-corrected chi connectivity index (χ2v) is 8.12. The lowest BCUT2D eigenvalue weighted by Gasteiger charge is -2.33. The van der Waals surface area contributed by atoms with Crippen LogP contribution in [-0.2, 0) is 14.8 Å². The van der Waals surface area contributed by atoms with Crippen molar-refractivity contribution < 1.29 is 23.1 Å². The molecular formula is C17H24N2O5S. The lowest BCUT2D eigenvalue weighted by atomic mass is 9.74. The Morgan fingerprint density at radius 2 is 1.72 bits per heavy atom. The monoisotopic (exact) mass is 368 g/mol. The summed E-state index contributed by atoms with van der Waals surface area (Å²) in [5, 5.41) is 12.2. The van der Waals surface area contributed by atoms with Crippen LogP contribution in [-0.4, -0.2) is 38.5 Å². The van der Waals surface area contributed by atoms with Crippen molar-refractivity contribution in [2.45, 2.75) is 43.9 Å². The smallest absolute Gasteiger partial charge is 0.311 e. The predicted molar refractivity (Wildman–Crippen MR) is 92.8 cm³/mol. The topological polar surface area (TPSA) is 113 Å². The van der Waals surface area contributed by atoms with Crippen molar-refractivity contribution in [3.8, 4) is 0 Å². The molecule has 0 atom stereocenters. The van der Waals surface area contributed by atoms with E-state index < -0.39 is 27.3 Å². The lowest BCUT2D eigenvalue weighted by Crippen LogP contribution is -2.44. The van der Waals surface area contributed by atoms with E-state index in [-0.39, 0.29) is 18.0 Å². The summed E-state index contributed by atoms with van der Waals surface area (Å²) in [5.74, 6) is -1.28. The van der Waals surface area contributed by atoms with Crippen LogP contribution in [0.15, 0.2) is 29.2 Å². The summed E-state index contributed by atoms with van der Waals surface area (Å²) in [6.45, 7) is 2.05. The first-order valence-corrected chi connectivity index (χ1v) is 9.90. The molecule has 1 aliphatic carbocycles. The van der Waals surface area contributed by atoms with Gasteiger partial charge in [0.05, 0.1) is 10.3 Å². The summed E-state index contributed by atoms with van der Waals surface area (Å²) in [7, 11) is -3.56. The number of carboxylic acids is 1. The molecule has 0 aliphatic heterocycles. The number of hydrogen-bond donors (Lipinski definition) is 3. The molecule has 3 N–H and O–H groups in total. The van der Waals surface area contributed by atoms with Crippen LogP contribution < -0.4 is 10.0 Å². The number of carbonyl (C=O) groups excluding carboxylic acids is 1. The van der Waals surface area contributed by atoms with Crippen LogP contribution in [0.3, 0.4) is 0 Å². The minimum Gasteiger partial charge on any atom is -0.481 e. The van der Waals surface area contributed by atoms with Crippen molar-refractivity contribution in [3.63, 3.8) is 0 Å². The first-order valence-electron chi connectivity index (χ1n) is 8.42. The molecule has 1 saturated carbocycles. The number of carboxylic acid groups (broad SMARTS) is 1. The summed E-state index contributed by atoms with van der Waals surface area (Å²) < 4.78 is 26.2. The molecular weight excluding hydrogens is 344 g/mol. The maximum Gasteiger partial charge on any atom is 0.311 e. The van der Waals surface area contributed by atoms with E-state index in [4.69, 9.17) is 0 Å². The van der Waals surface area contributed by atoms with E-state index in [1.807, 2.05) is 0 Å². The number of aliphatic carboxylic acids is 1. The number of nitrogens with one attached hydrogen (secondary N) is 2. The van der Waals surface area contributed by atoms with Crippen LogP contribution in [0.5, 0.6) is 0 Å². The molecule has 1 amide bonds. The molecule has 1 aliphatic rings. The summed E-state index contributed by atoms with van der Waals surface area (Å²) >= 11 is 0. The van der Waals surface area contributed by atoms with E-state index in [2.05, 4.69) is 10.0 Å². The molecule has 7 nitrogen and oxygen atoms in total. The molecule has 8 heteroatoms. The summed E-state index contributed by atoms with van der Waals surface area (Å²) in [5.41, 5.74) is -0.603. The zero-order valence-electron chi connectivity index (χ0n) is 14.2. The average molecular weight is 368 g/mol. The highest BCUT2D eigenvalue weighted by Crippen LogP contribution is 2.36. The Bertz CT molecular complexity index is 722. The highest BCUT2D eigenvalue weighted by molar-refractivity contribution is 7.89. The van der Waals surface area contributed by atoms with Gasteiger partial charge in [-0.2, -0.15) is 0 Å². The maximum atomic E-state index is 12.3. The van der Waals surface area contributed by atoms with Crippen molar-refractivity contribution in [3.05, 3.63) is 29.8 Å². The molecule has 0 radical (unpaired) electrons. The second-order valence-electron chi connectivity index (χ2n) is 6.35. The highest BCUT2D eigenvalue weighted by Gasteiger charge is 2.39. The van der Waals surface area contributed by atoms with Gasteiger partial charge in [0.1, 0.15) is 0 Å². The molecule has 0 unspecified atom stereocenters. The van der Waals surface area contributed by atoms with Crippen molar-refractivity contribution >= 4 is 21.9 Å². The zero-order valence-corrected chi connectivity index (χ0v) is 15.1. The van der Waals surface area contributed by atoms with Gasteiger partial charge in [0.15, 0.2) is 0 Å². The van der Waals surface area contributed by atoms with Gasteiger partial charge in [0.2, 0.25) is 10.0 Å². The Morgan fingerprint density at radius 1 is 1.12 bits per heavy atom. The first kappa shape index (κ1) is 19.4. The Kier molecular flexibility index (Phi) is 6.18. The molecule has 0 saturated heterocycles. The highest BCUT2D eigenvalue weighted by atomic mass is 32.2. The third kappa shape index (κ3) is 4.58. The van der Waals surface area contributed by atoms with Crippen LogP contribution >= 0.6 is 0 Å².